The van der Waals surface area contributed by atoms with Crippen LogP contribution in [0, 0.1) is 12.8 Å². The third kappa shape index (κ3) is 4.74. The highest BCUT2D eigenvalue weighted by Crippen LogP contribution is 2.18. The third-order valence-electron chi connectivity index (χ3n) is 2.97. The van der Waals surface area contributed by atoms with E-state index in [1.165, 1.54) is 18.3 Å². The van der Waals surface area contributed by atoms with Gasteiger partial charge in [0.2, 0.25) is 0 Å². The Bertz CT molecular complexity index is 469. The number of rotatable bonds is 6. The van der Waals surface area contributed by atoms with Crippen LogP contribution in [0.25, 0.3) is 6.08 Å². The number of hydrogen-bond acceptors (Lipinski definition) is 5. The first-order valence-electron chi connectivity index (χ1n) is 6.00. The second-order valence-corrected chi connectivity index (χ2v) is 5.69. The lowest BCUT2D eigenvalue weighted by molar-refractivity contribution is -0.145. The van der Waals surface area contributed by atoms with Gasteiger partial charge in [0.15, 0.2) is 0 Å². The third-order valence-corrected chi connectivity index (χ3v) is 3.76. The van der Waals surface area contributed by atoms with Crippen molar-refractivity contribution in [2.45, 2.75) is 39.4 Å². The van der Waals surface area contributed by atoms with Gasteiger partial charge in [-0.25, -0.2) is 4.98 Å². The van der Waals surface area contributed by atoms with Gasteiger partial charge >= 0.3 is 5.97 Å². The first kappa shape index (κ1) is 15.8. The second-order valence-electron chi connectivity index (χ2n) is 4.63. The maximum Gasteiger partial charge on any atom is 0.308 e. The van der Waals surface area contributed by atoms with Crippen LogP contribution in [0.2, 0.25) is 0 Å². The van der Waals surface area contributed by atoms with Crippen molar-refractivity contribution < 1.29 is 20.1 Å². The van der Waals surface area contributed by atoms with Gasteiger partial charge in [0, 0.05) is 11.8 Å². The number of aliphatic carboxylic acids is 1. The Hall–Kier alpha value is -1.24. The van der Waals surface area contributed by atoms with E-state index in [-0.39, 0.29) is 6.42 Å². The largest absolute Gasteiger partial charge is 0.481 e. The standard InChI is InChI=1S/C13H19NO4S/c1-7(4-10-6-19-9(3)14-10)11(15)5-12(16)8(2)13(17)18/h4,6,8,11-12,15-16H,5H2,1-3H3,(H,17,18)/t8-,11+,12+/m0/s1. The van der Waals surface area contributed by atoms with Crippen molar-refractivity contribution in [2.24, 2.45) is 5.92 Å². The molecule has 0 aliphatic carbocycles. The Balaban J connectivity index is 2.64. The quantitative estimate of drug-likeness (QED) is 0.740. The predicted molar refractivity (Wildman–Crippen MR) is 73.9 cm³/mol. The molecule has 1 aromatic rings. The maximum atomic E-state index is 10.7. The van der Waals surface area contributed by atoms with E-state index in [0.717, 1.165) is 10.7 Å². The number of thiazole rings is 1. The second kappa shape index (κ2) is 6.79. The van der Waals surface area contributed by atoms with Crippen LogP contribution in [0.1, 0.15) is 31.0 Å². The fourth-order valence-corrected chi connectivity index (χ4v) is 2.13. The molecule has 0 bridgehead atoms. The zero-order valence-electron chi connectivity index (χ0n) is 11.2. The summed E-state index contributed by atoms with van der Waals surface area (Å²) in [5.74, 6) is -1.97. The molecule has 0 amide bonds. The highest BCUT2D eigenvalue weighted by Gasteiger charge is 2.24. The van der Waals surface area contributed by atoms with Gasteiger partial charge in [-0.05, 0) is 32.4 Å². The minimum absolute atomic E-state index is 0.00107. The molecule has 0 spiro atoms. The van der Waals surface area contributed by atoms with Crippen molar-refractivity contribution in [3.8, 4) is 0 Å². The summed E-state index contributed by atoms with van der Waals surface area (Å²) in [6, 6.07) is 0. The molecular weight excluding hydrogens is 266 g/mol. The number of hydrogen-bond donors (Lipinski definition) is 3. The normalized spacial score (nSPS) is 17.0. The number of nitrogens with zero attached hydrogens (tertiary/aromatic N) is 1. The Morgan fingerprint density at radius 2 is 2.16 bits per heavy atom. The zero-order valence-corrected chi connectivity index (χ0v) is 12.0. The topological polar surface area (TPSA) is 90.7 Å². The molecular formula is C13H19NO4S. The summed E-state index contributed by atoms with van der Waals surface area (Å²) < 4.78 is 0. The highest BCUT2D eigenvalue weighted by atomic mass is 32.1. The van der Waals surface area contributed by atoms with Crippen LogP contribution in [-0.2, 0) is 4.79 Å². The van der Waals surface area contributed by atoms with Crippen molar-refractivity contribution in [1.29, 1.82) is 0 Å². The summed E-state index contributed by atoms with van der Waals surface area (Å²) in [4.78, 5) is 15.0. The van der Waals surface area contributed by atoms with E-state index in [9.17, 15) is 15.0 Å². The van der Waals surface area contributed by atoms with Gasteiger partial charge in [-0.2, -0.15) is 0 Å². The molecule has 0 unspecified atom stereocenters. The zero-order chi connectivity index (χ0) is 14.6. The van der Waals surface area contributed by atoms with Gasteiger partial charge in [0.05, 0.1) is 28.8 Å². The van der Waals surface area contributed by atoms with Crippen LogP contribution in [0.3, 0.4) is 0 Å². The fourth-order valence-electron chi connectivity index (χ4n) is 1.56. The Labute approximate surface area is 116 Å². The van der Waals surface area contributed by atoms with Crippen molar-refractivity contribution >= 4 is 23.4 Å². The summed E-state index contributed by atoms with van der Waals surface area (Å²) in [5.41, 5.74) is 1.42. The molecule has 0 saturated heterocycles. The summed E-state index contributed by atoms with van der Waals surface area (Å²) in [5, 5.41) is 31.2. The minimum atomic E-state index is -1.08. The van der Waals surface area contributed by atoms with E-state index in [1.807, 2.05) is 12.3 Å². The van der Waals surface area contributed by atoms with E-state index in [1.54, 1.807) is 13.0 Å². The van der Waals surface area contributed by atoms with E-state index < -0.39 is 24.1 Å². The molecule has 5 nitrogen and oxygen atoms in total. The lowest BCUT2D eigenvalue weighted by atomic mass is 9.96. The monoisotopic (exact) mass is 285 g/mol. The van der Waals surface area contributed by atoms with Crippen LogP contribution in [0.15, 0.2) is 11.0 Å². The lowest BCUT2D eigenvalue weighted by Gasteiger charge is -2.19. The summed E-state index contributed by atoms with van der Waals surface area (Å²) in [6.07, 6.45) is -0.211. The number of carbonyl (C=O) groups is 1. The van der Waals surface area contributed by atoms with E-state index in [4.69, 9.17) is 5.11 Å². The van der Waals surface area contributed by atoms with Gasteiger partial charge in [0.25, 0.3) is 0 Å². The van der Waals surface area contributed by atoms with Crippen LogP contribution >= 0.6 is 11.3 Å². The summed E-state index contributed by atoms with van der Waals surface area (Å²) in [6.45, 7) is 5.05. The molecule has 19 heavy (non-hydrogen) atoms. The van der Waals surface area contributed by atoms with Crippen LogP contribution in [-0.4, -0.2) is 38.5 Å². The molecule has 3 atom stereocenters. The molecule has 1 heterocycles. The van der Waals surface area contributed by atoms with Gasteiger partial charge < -0.3 is 15.3 Å². The molecule has 1 aromatic heterocycles. The van der Waals surface area contributed by atoms with Crippen LogP contribution < -0.4 is 0 Å². The van der Waals surface area contributed by atoms with Crippen molar-refractivity contribution in [3.05, 3.63) is 21.7 Å². The summed E-state index contributed by atoms with van der Waals surface area (Å²) in [7, 11) is 0. The number of aliphatic hydroxyl groups is 2. The number of aromatic nitrogens is 1. The lowest BCUT2D eigenvalue weighted by Crippen LogP contribution is -2.29. The van der Waals surface area contributed by atoms with Crippen molar-refractivity contribution in [2.75, 3.05) is 0 Å². The molecule has 3 N–H and O–H groups in total. The molecule has 1 rings (SSSR count). The Kier molecular flexibility index (Phi) is 5.65. The van der Waals surface area contributed by atoms with Gasteiger partial charge in [0.1, 0.15) is 0 Å². The smallest absolute Gasteiger partial charge is 0.308 e. The molecule has 0 aliphatic heterocycles. The van der Waals surface area contributed by atoms with E-state index in [0.29, 0.717) is 5.57 Å². The van der Waals surface area contributed by atoms with E-state index >= 15 is 0 Å². The number of aryl methyl sites for hydroxylation is 1. The fraction of sp³-hybridized carbons (Fsp3) is 0.538. The van der Waals surface area contributed by atoms with Crippen molar-refractivity contribution in [3.63, 3.8) is 0 Å². The molecule has 0 aromatic carbocycles. The molecule has 0 aliphatic rings. The molecule has 0 fully saturated rings. The average Bonchev–Trinajstić information content (AvgIpc) is 2.73. The highest BCUT2D eigenvalue weighted by molar-refractivity contribution is 7.09. The van der Waals surface area contributed by atoms with Gasteiger partial charge in [-0.3, -0.25) is 4.79 Å². The molecule has 0 radical (unpaired) electrons. The number of aliphatic hydroxyl groups excluding tert-OH is 2. The first-order valence-corrected chi connectivity index (χ1v) is 6.88. The maximum absolute atomic E-state index is 10.7. The first-order chi connectivity index (χ1) is 8.81. The predicted octanol–water partition coefficient (Wildman–Crippen LogP) is 1.69. The van der Waals surface area contributed by atoms with Crippen LogP contribution in [0.5, 0.6) is 0 Å². The average molecular weight is 285 g/mol. The number of carboxylic acids is 1. The SMILES string of the molecule is CC(=Cc1csc(C)n1)[C@H](O)C[C@@H](O)[C@H](C)C(=O)O. The molecule has 6 heteroatoms. The Morgan fingerprint density at radius 3 is 2.63 bits per heavy atom. The van der Waals surface area contributed by atoms with Gasteiger partial charge in [-0.15, -0.1) is 11.3 Å². The van der Waals surface area contributed by atoms with Crippen LogP contribution in [0.4, 0.5) is 0 Å². The van der Waals surface area contributed by atoms with Crippen molar-refractivity contribution in [1.82, 2.24) is 4.98 Å². The number of carboxylic acid groups (broad SMARTS) is 1. The van der Waals surface area contributed by atoms with Gasteiger partial charge in [-0.1, -0.05) is 0 Å². The summed E-state index contributed by atoms with van der Waals surface area (Å²) >= 11 is 1.52. The molecule has 106 valence electrons. The minimum Gasteiger partial charge on any atom is -0.481 e. The van der Waals surface area contributed by atoms with E-state index in [2.05, 4.69) is 4.98 Å². The molecule has 0 saturated carbocycles. The Morgan fingerprint density at radius 1 is 1.53 bits per heavy atom.